The van der Waals surface area contributed by atoms with E-state index in [1.807, 2.05) is 5.32 Å². The molecule has 0 bridgehead atoms. The lowest BCUT2D eigenvalue weighted by Crippen LogP contribution is -2.33. The molecule has 1 amide bonds. The second-order valence-electron chi connectivity index (χ2n) is 8.45. The number of imidazole rings is 1. The molecule has 3 aromatic heterocycles. The second kappa shape index (κ2) is 9.07. The molecule has 1 N–H and O–H groups in total. The molecule has 0 aliphatic carbocycles. The number of nitrogens with one attached hydrogen (secondary N) is 1. The second-order valence-corrected chi connectivity index (χ2v) is 8.86. The molecule has 1 fully saturated rings. The number of ether oxygens (including phenoxy) is 1. The van der Waals surface area contributed by atoms with Crippen LogP contribution >= 0.6 is 11.6 Å². The van der Waals surface area contributed by atoms with Gasteiger partial charge in [0.2, 0.25) is 5.82 Å². The standard InChI is InChI=1S/C22H12ClF8N5O3/c23-13-4-10(21(26,27)28)6-36-7-14(33-17(13)36)18-34-16(35-39-18)9-1-2-15(12(3-9)22(29,30)31)38-8-11-5-20(24,25)19(37)32-11/h1-4,6-7,11H,5,8H2,(H,32,37)/t11-/m0/s1. The van der Waals surface area contributed by atoms with Crippen LogP contribution in [0.25, 0.3) is 28.6 Å². The summed E-state index contributed by atoms with van der Waals surface area (Å²) in [6.07, 6.45) is -8.68. The van der Waals surface area contributed by atoms with Crippen LogP contribution in [0.5, 0.6) is 5.75 Å². The van der Waals surface area contributed by atoms with E-state index in [0.717, 1.165) is 28.9 Å². The summed E-state index contributed by atoms with van der Waals surface area (Å²) in [5, 5.41) is 5.25. The topological polar surface area (TPSA) is 94.5 Å². The van der Waals surface area contributed by atoms with Crippen LogP contribution < -0.4 is 10.1 Å². The number of benzene rings is 1. The van der Waals surface area contributed by atoms with E-state index >= 15 is 0 Å². The molecule has 1 saturated heterocycles. The van der Waals surface area contributed by atoms with Gasteiger partial charge < -0.3 is 19.0 Å². The summed E-state index contributed by atoms with van der Waals surface area (Å²) in [6, 6.07) is 2.20. The maximum atomic E-state index is 13.7. The molecule has 1 atom stereocenters. The van der Waals surface area contributed by atoms with Crippen molar-refractivity contribution in [3.63, 3.8) is 0 Å². The van der Waals surface area contributed by atoms with Crippen LogP contribution in [0, 0.1) is 0 Å². The molecule has 0 spiro atoms. The van der Waals surface area contributed by atoms with E-state index in [2.05, 4.69) is 15.1 Å². The van der Waals surface area contributed by atoms with Crippen LogP contribution in [0.2, 0.25) is 5.02 Å². The van der Waals surface area contributed by atoms with Crippen molar-refractivity contribution in [1.82, 2.24) is 24.8 Å². The predicted molar refractivity (Wildman–Crippen MR) is 116 cm³/mol. The molecule has 39 heavy (non-hydrogen) atoms. The molecule has 8 nitrogen and oxygen atoms in total. The van der Waals surface area contributed by atoms with Crippen LogP contribution in [0.3, 0.4) is 0 Å². The van der Waals surface area contributed by atoms with Crippen LogP contribution in [0.4, 0.5) is 35.1 Å². The van der Waals surface area contributed by atoms with Crippen molar-refractivity contribution in [2.75, 3.05) is 6.61 Å². The normalized spacial score (nSPS) is 17.6. The average Bonchev–Trinajstić information content (AvgIpc) is 3.54. The largest absolute Gasteiger partial charge is 0.491 e. The molecule has 1 aliphatic heterocycles. The van der Waals surface area contributed by atoms with Gasteiger partial charge in [-0.2, -0.15) is 40.1 Å². The Morgan fingerprint density at radius 1 is 1.10 bits per heavy atom. The maximum absolute atomic E-state index is 13.7. The average molecular weight is 582 g/mol. The highest BCUT2D eigenvalue weighted by atomic mass is 35.5. The van der Waals surface area contributed by atoms with Crippen LogP contribution in [0.15, 0.2) is 41.2 Å². The molecule has 206 valence electrons. The monoisotopic (exact) mass is 581 g/mol. The van der Waals surface area contributed by atoms with Gasteiger partial charge in [0.25, 0.3) is 11.8 Å². The Hall–Kier alpha value is -3.95. The van der Waals surface area contributed by atoms with E-state index in [4.69, 9.17) is 20.9 Å². The van der Waals surface area contributed by atoms with Gasteiger partial charge >= 0.3 is 18.3 Å². The number of nitrogens with zero attached hydrogens (tertiary/aromatic N) is 4. The third-order valence-corrected chi connectivity index (χ3v) is 5.91. The van der Waals surface area contributed by atoms with Gasteiger partial charge in [0.05, 0.1) is 22.2 Å². The number of alkyl halides is 8. The van der Waals surface area contributed by atoms with Gasteiger partial charge in [-0.1, -0.05) is 16.8 Å². The molecule has 5 rings (SSSR count). The molecule has 17 heteroatoms. The van der Waals surface area contributed by atoms with E-state index in [-0.39, 0.29) is 33.6 Å². The Balaban J connectivity index is 1.41. The molecule has 4 aromatic rings. The molecule has 1 aliphatic rings. The van der Waals surface area contributed by atoms with Crippen LogP contribution in [0.1, 0.15) is 17.5 Å². The van der Waals surface area contributed by atoms with Gasteiger partial charge in [-0.3, -0.25) is 4.79 Å². The zero-order valence-electron chi connectivity index (χ0n) is 18.9. The van der Waals surface area contributed by atoms with Crippen molar-refractivity contribution >= 4 is 23.2 Å². The number of aromatic nitrogens is 4. The van der Waals surface area contributed by atoms with Crippen molar-refractivity contribution in [2.24, 2.45) is 0 Å². The van der Waals surface area contributed by atoms with Gasteiger partial charge in [0.1, 0.15) is 18.1 Å². The lowest BCUT2D eigenvalue weighted by molar-refractivity contribution is -0.140. The molecular formula is C22H12ClF8N5O3. The Labute approximate surface area is 216 Å². The Bertz CT molecular complexity index is 1580. The van der Waals surface area contributed by atoms with E-state index < -0.39 is 60.1 Å². The van der Waals surface area contributed by atoms with Crippen molar-refractivity contribution in [2.45, 2.75) is 30.7 Å². The number of pyridine rings is 1. The third-order valence-electron chi connectivity index (χ3n) is 5.63. The van der Waals surface area contributed by atoms with E-state index in [0.29, 0.717) is 12.1 Å². The first-order valence-corrected chi connectivity index (χ1v) is 11.1. The van der Waals surface area contributed by atoms with E-state index in [1.165, 1.54) is 0 Å². The summed E-state index contributed by atoms with van der Waals surface area (Å²) in [7, 11) is 0. The molecule has 4 heterocycles. The minimum Gasteiger partial charge on any atom is -0.491 e. The van der Waals surface area contributed by atoms with Crippen molar-refractivity contribution in [1.29, 1.82) is 0 Å². The van der Waals surface area contributed by atoms with Crippen LogP contribution in [-0.2, 0) is 17.1 Å². The zero-order valence-corrected chi connectivity index (χ0v) is 19.6. The fourth-order valence-electron chi connectivity index (χ4n) is 3.81. The first-order valence-electron chi connectivity index (χ1n) is 10.7. The highest BCUT2D eigenvalue weighted by Crippen LogP contribution is 2.39. The molecule has 1 aromatic carbocycles. The smallest absolute Gasteiger partial charge is 0.419 e. The predicted octanol–water partition coefficient (Wildman–Crippen LogP) is 5.64. The van der Waals surface area contributed by atoms with Gasteiger partial charge in [-0.15, -0.1) is 0 Å². The minimum absolute atomic E-state index is 0.0588. The Morgan fingerprint density at radius 3 is 2.49 bits per heavy atom. The number of halogens is 9. The fourth-order valence-corrected chi connectivity index (χ4v) is 4.07. The molecular weight excluding hydrogens is 570 g/mol. The minimum atomic E-state index is -4.94. The van der Waals surface area contributed by atoms with E-state index in [1.54, 1.807) is 0 Å². The summed E-state index contributed by atoms with van der Waals surface area (Å²) in [6.45, 7) is -0.636. The third kappa shape index (κ3) is 5.20. The number of carbonyl (C=O) groups is 1. The Morgan fingerprint density at radius 2 is 1.85 bits per heavy atom. The fraction of sp³-hybridized carbons (Fsp3) is 0.273. The number of hydrogen-bond donors (Lipinski definition) is 1. The summed E-state index contributed by atoms with van der Waals surface area (Å²) in [5.74, 6) is -6.50. The number of amides is 1. The summed E-state index contributed by atoms with van der Waals surface area (Å²) >= 11 is 5.91. The van der Waals surface area contributed by atoms with Crippen LogP contribution in [-0.4, -0.2) is 44.0 Å². The zero-order chi connectivity index (χ0) is 28.3. The highest BCUT2D eigenvalue weighted by Gasteiger charge is 2.48. The first kappa shape index (κ1) is 26.6. The summed E-state index contributed by atoms with van der Waals surface area (Å²) in [4.78, 5) is 19.2. The highest BCUT2D eigenvalue weighted by molar-refractivity contribution is 6.33. The number of carbonyl (C=O) groups excluding carboxylic acids is 1. The number of fused-ring (bicyclic) bond motifs is 1. The SMILES string of the molecule is O=C1N[C@H](COc2ccc(-c3noc(-c4cn5cc(C(F)(F)F)cc(Cl)c5n4)n3)cc2C(F)(F)F)CC1(F)F. The molecule has 0 unspecified atom stereocenters. The van der Waals surface area contributed by atoms with Crippen molar-refractivity contribution < 1.29 is 49.2 Å². The molecule has 0 radical (unpaired) electrons. The maximum Gasteiger partial charge on any atom is 0.419 e. The summed E-state index contributed by atoms with van der Waals surface area (Å²) < 4.78 is 118. The molecule has 0 saturated carbocycles. The lowest BCUT2D eigenvalue weighted by atomic mass is 10.1. The van der Waals surface area contributed by atoms with Gasteiger partial charge in [-0.05, 0) is 24.3 Å². The number of rotatable bonds is 5. The summed E-state index contributed by atoms with van der Waals surface area (Å²) in [5.41, 5.74) is -2.65. The number of hydrogen-bond acceptors (Lipinski definition) is 6. The van der Waals surface area contributed by atoms with E-state index in [9.17, 15) is 39.9 Å². The van der Waals surface area contributed by atoms with Crippen molar-refractivity contribution in [3.05, 3.63) is 52.8 Å². The lowest BCUT2D eigenvalue weighted by Gasteiger charge is -2.17. The first-order chi connectivity index (χ1) is 18.1. The quantitative estimate of drug-likeness (QED) is 0.306. The van der Waals surface area contributed by atoms with Gasteiger partial charge in [0, 0.05) is 24.4 Å². The Kier molecular flexibility index (Phi) is 6.19. The van der Waals surface area contributed by atoms with Gasteiger partial charge in [0.15, 0.2) is 5.65 Å². The van der Waals surface area contributed by atoms with Gasteiger partial charge in [-0.25, -0.2) is 4.98 Å². The van der Waals surface area contributed by atoms with Crippen molar-refractivity contribution in [3.8, 4) is 28.7 Å².